The summed E-state index contributed by atoms with van der Waals surface area (Å²) in [5.41, 5.74) is 2.46. The van der Waals surface area contributed by atoms with Crippen molar-refractivity contribution in [3.63, 3.8) is 0 Å². The van der Waals surface area contributed by atoms with Gasteiger partial charge in [0.05, 0.1) is 25.0 Å². The highest BCUT2D eigenvalue weighted by atomic mass is 16.5. The number of carboxylic acid groups (broad SMARTS) is 1. The topological polar surface area (TPSA) is 94.4 Å². The molecule has 0 aliphatic heterocycles. The lowest BCUT2D eigenvalue weighted by atomic mass is 10.1. The van der Waals surface area contributed by atoms with Gasteiger partial charge in [-0.3, -0.25) is 4.99 Å². The van der Waals surface area contributed by atoms with E-state index in [1.807, 2.05) is 6.07 Å². The van der Waals surface area contributed by atoms with Gasteiger partial charge in [0.2, 0.25) is 0 Å². The van der Waals surface area contributed by atoms with Crippen LogP contribution in [0.5, 0.6) is 11.5 Å². The lowest BCUT2D eigenvalue weighted by Crippen LogP contribution is -2.11. The second-order valence-corrected chi connectivity index (χ2v) is 5.92. The molecule has 0 saturated heterocycles. The number of aliphatic imine (C=N–C) groups is 1. The van der Waals surface area contributed by atoms with E-state index in [-0.39, 0.29) is 0 Å². The van der Waals surface area contributed by atoms with Crippen LogP contribution in [0.25, 0.3) is 0 Å². The van der Waals surface area contributed by atoms with Crippen molar-refractivity contribution >= 4 is 23.8 Å². The summed E-state index contributed by atoms with van der Waals surface area (Å²) < 4.78 is 15.7. The minimum Gasteiger partial charge on any atom is -0.493 e. The minimum absolute atomic E-state index is 0.300. The number of ether oxygens (including phenoxy) is 3. The number of carbonyl (C=O) groups is 2. The van der Waals surface area contributed by atoms with Gasteiger partial charge in [-0.15, -0.1) is 6.58 Å². The molecule has 0 bridgehead atoms. The number of allylic oxidation sites excluding steroid dienone is 1. The highest BCUT2D eigenvalue weighted by molar-refractivity contribution is 5.91. The van der Waals surface area contributed by atoms with Crippen molar-refractivity contribution in [1.82, 2.24) is 0 Å². The molecule has 0 unspecified atom stereocenters. The summed E-state index contributed by atoms with van der Waals surface area (Å²) in [6.45, 7) is 5.29. The monoisotopic (exact) mass is 397 g/mol. The van der Waals surface area contributed by atoms with Gasteiger partial charge in [0.1, 0.15) is 0 Å². The third-order valence-electron chi connectivity index (χ3n) is 3.80. The molecular formula is C22H23NO6. The molecular weight excluding hydrogens is 374 g/mol. The standard InChI is InChI=1S/C22H23NO6/c1-4-7-16-10-15(11-19(27-3)21(16)29-14-20(24)25)13-23-18-9-6-8-17(12-18)22(26)28-5-2/h4,6,8-13H,1,5,7,14H2,2-3H3,(H,24,25). The van der Waals surface area contributed by atoms with E-state index in [0.717, 1.165) is 11.1 Å². The van der Waals surface area contributed by atoms with Crippen LogP contribution in [0.3, 0.4) is 0 Å². The van der Waals surface area contributed by atoms with Crippen LogP contribution in [0.4, 0.5) is 5.69 Å². The fraction of sp³-hybridized carbons (Fsp3) is 0.227. The van der Waals surface area contributed by atoms with Crippen molar-refractivity contribution in [3.05, 3.63) is 65.7 Å². The van der Waals surface area contributed by atoms with E-state index >= 15 is 0 Å². The first-order chi connectivity index (χ1) is 14.0. The zero-order chi connectivity index (χ0) is 21.2. The first-order valence-electron chi connectivity index (χ1n) is 8.96. The normalized spacial score (nSPS) is 10.6. The number of carboxylic acids is 1. The largest absolute Gasteiger partial charge is 0.493 e. The minimum atomic E-state index is -1.08. The molecule has 0 aliphatic rings. The highest BCUT2D eigenvalue weighted by Gasteiger charge is 2.14. The van der Waals surface area contributed by atoms with Gasteiger partial charge in [-0.2, -0.15) is 0 Å². The van der Waals surface area contributed by atoms with E-state index in [0.29, 0.717) is 35.8 Å². The van der Waals surface area contributed by atoms with Gasteiger partial charge >= 0.3 is 11.9 Å². The number of carbonyl (C=O) groups excluding carboxylic acids is 1. The molecule has 2 aromatic rings. The maximum atomic E-state index is 11.9. The highest BCUT2D eigenvalue weighted by Crippen LogP contribution is 2.33. The Morgan fingerprint density at radius 1 is 1.24 bits per heavy atom. The van der Waals surface area contributed by atoms with Crippen LogP contribution in [0.2, 0.25) is 0 Å². The van der Waals surface area contributed by atoms with Crippen LogP contribution in [-0.2, 0) is 16.0 Å². The van der Waals surface area contributed by atoms with Crippen LogP contribution < -0.4 is 9.47 Å². The maximum Gasteiger partial charge on any atom is 0.341 e. The summed E-state index contributed by atoms with van der Waals surface area (Å²) in [5.74, 6) is -0.730. The number of benzene rings is 2. The Morgan fingerprint density at radius 3 is 2.69 bits per heavy atom. The summed E-state index contributed by atoms with van der Waals surface area (Å²) in [4.78, 5) is 27.1. The summed E-state index contributed by atoms with van der Waals surface area (Å²) >= 11 is 0. The quantitative estimate of drug-likeness (QED) is 0.372. The van der Waals surface area contributed by atoms with Crippen molar-refractivity contribution < 1.29 is 28.9 Å². The number of esters is 1. The fourth-order valence-corrected chi connectivity index (χ4v) is 2.59. The molecule has 0 atom stereocenters. The van der Waals surface area contributed by atoms with Crippen molar-refractivity contribution in [2.75, 3.05) is 20.3 Å². The van der Waals surface area contributed by atoms with Crippen molar-refractivity contribution in [2.45, 2.75) is 13.3 Å². The van der Waals surface area contributed by atoms with Crippen LogP contribution in [0.15, 0.2) is 54.0 Å². The molecule has 152 valence electrons. The first kappa shape index (κ1) is 21.7. The molecule has 0 aliphatic carbocycles. The van der Waals surface area contributed by atoms with E-state index in [2.05, 4.69) is 11.6 Å². The van der Waals surface area contributed by atoms with Crippen molar-refractivity contribution in [1.29, 1.82) is 0 Å². The Kier molecular flexibility index (Phi) is 7.97. The van der Waals surface area contributed by atoms with Gasteiger partial charge in [0.15, 0.2) is 18.1 Å². The van der Waals surface area contributed by atoms with E-state index in [1.54, 1.807) is 49.5 Å². The molecule has 0 fully saturated rings. The van der Waals surface area contributed by atoms with Gasteiger partial charge in [-0.05, 0) is 49.2 Å². The Hall–Kier alpha value is -3.61. The first-order valence-corrected chi connectivity index (χ1v) is 8.96. The van der Waals surface area contributed by atoms with Gasteiger partial charge in [-0.1, -0.05) is 12.1 Å². The number of rotatable bonds is 10. The molecule has 0 saturated carbocycles. The number of aliphatic carboxylic acids is 1. The van der Waals surface area contributed by atoms with Gasteiger partial charge in [0.25, 0.3) is 0 Å². The molecule has 7 heteroatoms. The summed E-state index contributed by atoms with van der Waals surface area (Å²) in [6.07, 6.45) is 3.78. The SMILES string of the molecule is C=CCc1cc(C=Nc2cccc(C(=O)OCC)c2)cc(OC)c1OCC(=O)O. The smallest absolute Gasteiger partial charge is 0.341 e. The molecule has 0 heterocycles. The third kappa shape index (κ3) is 6.21. The molecule has 7 nitrogen and oxygen atoms in total. The molecule has 2 rings (SSSR count). The van der Waals surface area contributed by atoms with Crippen molar-refractivity contribution in [2.24, 2.45) is 4.99 Å². The lowest BCUT2D eigenvalue weighted by molar-refractivity contribution is -0.139. The fourth-order valence-electron chi connectivity index (χ4n) is 2.59. The van der Waals surface area contributed by atoms with Gasteiger partial charge < -0.3 is 19.3 Å². The second-order valence-electron chi connectivity index (χ2n) is 5.92. The number of nitrogens with zero attached hydrogens (tertiary/aromatic N) is 1. The number of hydrogen-bond acceptors (Lipinski definition) is 6. The predicted molar refractivity (Wildman–Crippen MR) is 110 cm³/mol. The molecule has 0 aromatic heterocycles. The van der Waals surface area contributed by atoms with E-state index in [1.165, 1.54) is 7.11 Å². The molecule has 29 heavy (non-hydrogen) atoms. The summed E-state index contributed by atoms with van der Waals surface area (Å²) in [7, 11) is 1.48. The zero-order valence-corrected chi connectivity index (χ0v) is 16.4. The Bertz CT molecular complexity index is 920. The average molecular weight is 397 g/mol. The molecule has 2 aromatic carbocycles. The van der Waals surface area contributed by atoms with Crippen LogP contribution in [-0.4, -0.2) is 43.6 Å². The Labute approximate surface area is 169 Å². The van der Waals surface area contributed by atoms with Crippen LogP contribution >= 0.6 is 0 Å². The van der Waals surface area contributed by atoms with Gasteiger partial charge in [0, 0.05) is 11.8 Å². The molecule has 0 spiro atoms. The van der Waals surface area contributed by atoms with Crippen LogP contribution in [0.1, 0.15) is 28.4 Å². The zero-order valence-electron chi connectivity index (χ0n) is 16.4. The average Bonchev–Trinajstić information content (AvgIpc) is 2.71. The van der Waals surface area contributed by atoms with E-state index in [4.69, 9.17) is 19.3 Å². The maximum absolute atomic E-state index is 11.9. The Balaban J connectivity index is 2.33. The third-order valence-corrected chi connectivity index (χ3v) is 3.80. The summed E-state index contributed by atoms with van der Waals surface area (Å²) in [5, 5.41) is 8.88. The molecule has 0 radical (unpaired) electrons. The van der Waals surface area contributed by atoms with Crippen molar-refractivity contribution in [3.8, 4) is 11.5 Å². The molecule has 1 N–H and O–H groups in total. The van der Waals surface area contributed by atoms with Crippen LogP contribution in [0, 0.1) is 0 Å². The predicted octanol–water partition coefficient (Wildman–Crippen LogP) is 3.81. The van der Waals surface area contributed by atoms with E-state index in [9.17, 15) is 9.59 Å². The lowest BCUT2D eigenvalue weighted by Gasteiger charge is -2.14. The molecule has 0 amide bonds. The van der Waals surface area contributed by atoms with Gasteiger partial charge in [-0.25, -0.2) is 9.59 Å². The van der Waals surface area contributed by atoms with E-state index < -0.39 is 18.5 Å². The second kappa shape index (κ2) is 10.7. The summed E-state index contributed by atoms with van der Waals surface area (Å²) in [6, 6.07) is 10.3. The number of methoxy groups -OCH3 is 1. The number of hydrogen-bond donors (Lipinski definition) is 1. The Morgan fingerprint density at radius 2 is 2.03 bits per heavy atom.